The summed E-state index contributed by atoms with van der Waals surface area (Å²) in [6.45, 7) is 3.06. The fourth-order valence-corrected chi connectivity index (χ4v) is 3.84. The molecule has 0 bridgehead atoms. The summed E-state index contributed by atoms with van der Waals surface area (Å²) in [7, 11) is 0. The summed E-state index contributed by atoms with van der Waals surface area (Å²) in [4.78, 5) is 13.0. The molecule has 144 valence electrons. The van der Waals surface area contributed by atoms with Gasteiger partial charge in [0.25, 0.3) is 0 Å². The molecule has 1 unspecified atom stereocenters. The maximum Gasteiger partial charge on any atom is 0.147 e. The molecule has 28 heavy (non-hydrogen) atoms. The first-order valence-corrected chi connectivity index (χ1v) is 9.49. The molecule has 0 saturated carbocycles. The number of rotatable bonds is 4. The van der Waals surface area contributed by atoms with Gasteiger partial charge in [0.2, 0.25) is 0 Å². The quantitative estimate of drug-likeness (QED) is 0.722. The topological polar surface area (TPSA) is 52.5 Å². The zero-order valence-corrected chi connectivity index (χ0v) is 15.9. The van der Waals surface area contributed by atoms with Gasteiger partial charge in [0.05, 0.1) is 17.3 Å². The van der Waals surface area contributed by atoms with Crippen LogP contribution in [0, 0.1) is 5.82 Å². The first-order valence-electron chi connectivity index (χ1n) is 9.11. The molecule has 1 aliphatic rings. The lowest BCUT2D eigenvalue weighted by Gasteiger charge is -2.40. The van der Waals surface area contributed by atoms with Gasteiger partial charge in [-0.25, -0.2) is 9.37 Å². The normalized spacial score (nSPS) is 16.1. The fourth-order valence-electron chi connectivity index (χ4n) is 3.65. The molecule has 5 nitrogen and oxygen atoms in total. The number of piperazine rings is 1. The number of hydrogen-bond acceptors (Lipinski definition) is 5. The largest absolute Gasteiger partial charge is 0.508 e. The standard InChI is InChI=1S/C21H20ClFN4O/c22-17-13-15(5-6-18(17)23)21(16-3-1-2-4-19(16)28)27-11-9-26(10-12-27)20-14-24-7-8-25-20/h1-8,13-14,21,28H,9-12H2. The Morgan fingerprint density at radius 2 is 1.82 bits per heavy atom. The highest BCUT2D eigenvalue weighted by molar-refractivity contribution is 6.30. The van der Waals surface area contributed by atoms with Crippen LogP contribution >= 0.6 is 11.6 Å². The highest BCUT2D eigenvalue weighted by Gasteiger charge is 2.29. The van der Waals surface area contributed by atoms with E-state index in [4.69, 9.17) is 11.6 Å². The van der Waals surface area contributed by atoms with Crippen molar-refractivity contribution >= 4 is 17.4 Å². The first-order chi connectivity index (χ1) is 13.6. The van der Waals surface area contributed by atoms with Crippen LogP contribution in [0.2, 0.25) is 5.02 Å². The minimum atomic E-state index is -0.450. The number of phenols is 1. The molecule has 0 aliphatic carbocycles. The molecule has 2 heterocycles. The van der Waals surface area contributed by atoms with E-state index >= 15 is 0 Å². The van der Waals surface area contributed by atoms with Gasteiger partial charge >= 0.3 is 0 Å². The van der Waals surface area contributed by atoms with Crippen LogP contribution in [0.4, 0.5) is 10.2 Å². The number of halogens is 2. The second kappa shape index (κ2) is 8.12. The molecule has 2 aromatic carbocycles. The summed E-state index contributed by atoms with van der Waals surface area (Å²) >= 11 is 6.05. The Balaban J connectivity index is 1.63. The number of para-hydroxylation sites is 1. The van der Waals surface area contributed by atoms with E-state index < -0.39 is 5.82 Å². The molecule has 1 N–H and O–H groups in total. The predicted molar refractivity (Wildman–Crippen MR) is 107 cm³/mol. The Morgan fingerprint density at radius 1 is 1.04 bits per heavy atom. The molecule has 1 aliphatic heterocycles. The van der Waals surface area contributed by atoms with Crippen molar-refractivity contribution in [3.05, 3.63) is 83.0 Å². The van der Waals surface area contributed by atoms with Crippen LogP contribution in [-0.2, 0) is 0 Å². The molecular weight excluding hydrogens is 379 g/mol. The summed E-state index contributed by atoms with van der Waals surface area (Å²) in [6.07, 6.45) is 5.11. The summed E-state index contributed by atoms with van der Waals surface area (Å²) in [5, 5.41) is 10.5. The Kier molecular flexibility index (Phi) is 5.41. The maximum atomic E-state index is 13.7. The number of aromatic hydroxyl groups is 1. The number of nitrogens with zero attached hydrogens (tertiary/aromatic N) is 4. The molecule has 1 aromatic heterocycles. The van der Waals surface area contributed by atoms with Crippen LogP contribution in [0.1, 0.15) is 17.2 Å². The monoisotopic (exact) mass is 398 g/mol. The summed E-state index contributed by atoms with van der Waals surface area (Å²) in [5.74, 6) is 0.615. The fraction of sp³-hybridized carbons (Fsp3) is 0.238. The molecule has 1 fully saturated rings. The number of hydrogen-bond donors (Lipinski definition) is 1. The Labute approximate surface area is 168 Å². The first kappa shape index (κ1) is 18.7. The van der Waals surface area contributed by atoms with Gasteiger partial charge in [0.15, 0.2) is 0 Å². The van der Waals surface area contributed by atoms with Crippen LogP contribution in [0.5, 0.6) is 5.75 Å². The Morgan fingerprint density at radius 3 is 2.50 bits per heavy atom. The zero-order valence-electron chi connectivity index (χ0n) is 15.2. The van der Waals surface area contributed by atoms with Crippen molar-refractivity contribution in [1.82, 2.24) is 14.9 Å². The number of phenolic OH excluding ortho intramolecular Hbond substituents is 1. The van der Waals surface area contributed by atoms with Crippen LogP contribution < -0.4 is 4.90 Å². The van der Waals surface area contributed by atoms with Gasteiger partial charge in [-0.3, -0.25) is 9.88 Å². The molecule has 0 amide bonds. The van der Waals surface area contributed by atoms with Gasteiger partial charge in [-0.2, -0.15) is 0 Å². The zero-order chi connectivity index (χ0) is 19.5. The third kappa shape index (κ3) is 3.79. The highest BCUT2D eigenvalue weighted by Crippen LogP contribution is 2.36. The third-order valence-electron chi connectivity index (χ3n) is 5.04. The van der Waals surface area contributed by atoms with Crippen molar-refractivity contribution in [3.8, 4) is 5.75 Å². The SMILES string of the molecule is Oc1ccccc1C(c1ccc(F)c(Cl)c1)N1CCN(c2cnccn2)CC1. The van der Waals surface area contributed by atoms with Crippen molar-refractivity contribution in [2.24, 2.45) is 0 Å². The average Bonchev–Trinajstić information content (AvgIpc) is 2.73. The van der Waals surface area contributed by atoms with Gasteiger partial charge in [0, 0.05) is 44.1 Å². The van der Waals surface area contributed by atoms with E-state index in [1.165, 1.54) is 6.07 Å². The molecule has 4 rings (SSSR count). The third-order valence-corrected chi connectivity index (χ3v) is 5.33. The lowest BCUT2D eigenvalue weighted by molar-refractivity contribution is 0.209. The van der Waals surface area contributed by atoms with Crippen LogP contribution in [0.25, 0.3) is 0 Å². The number of benzene rings is 2. The number of anilines is 1. The smallest absolute Gasteiger partial charge is 0.147 e. The van der Waals surface area contributed by atoms with Crippen LogP contribution in [0.3, 0.4) is 0 Å². The predicted octanol–water partition coefficient (Wildman–Crippen LogP) is 3.89. The molecule has 0 radical (unpaired) electrons. The minimum absolute atomic E-state index is 0.0797. The van der Waals surface area contributed by atoms with E-state index in [-0.39, 0.29) is 16.8 Å². The molecule has 7 heteroatoms. The number of aromatic nitrogens is 2. The molecule has 1 atom stereocenters. The molecule has 1 saturated heterocycles. The second-order valence-electron chi connectivity index (χ2n) is 6.72. The van der Waals surface area contributed by atoms with E-state index in [1.54, 1.807) is 42.9 Å². The minimum Gasteiger partial charge on any atom is -0.508 e. The van der Waals surface area contributed by atoms with E-state index in [2.05, 4.69) is 19.8 Å². The maximum absolute atomic E-state index is 13.7. The van der Waals surface area contributed by atoms with Crippen LogP contribution in [0.15, 0.2) is 61.1 Å². The Bertz CT molecular complexity index is 948. The van der Waals surface area contributed by atoms with Crippen molar-refractivity contribution in [1.29, 1.82) is 0 Å². The highest BCUT2D eigenvalue weighted by atomic mass is 35.5. The summed E-state index contributed by atoms with van der Waals surface area (Å²) in [6, 6.07) is 11.8. The van der Waals surface area contributed by atoms with Gasteiger partial charge in [-0.1, -0.05) is 35.9 Å². The second-order valence-corrected chi connectivity index (χ2v) is 7.13. The lowest BCUT2D eigenvalue weighted by Crippen LogP contribution is -2.48. The van der Waals surface area contributed by atoms with Crippen LogP contribution in [-0.4, -0.2) is 46.2 Å². The van der Waals surface area contributed by atoms with Crippen molar-refractivity contribution in [3.63, 3.8) is 0 Å². The van der Waals surface area contributed by atoms with E-state index in [9.17, 15) is 9.50 Å². The summed E-state index contributed by atoms with van der Waals surface area (Å²) in [5.41, 5.74) is 1.62. The Hall–Kier alpha value is -2.70. The van der Waals surface area contributed by atoms with Gasteiger partial charge < -0.3 is 10.0 Å². The molecule has 0 spiro atoms. The van der Waals surface area contributed by atoms with Gasteiger partial charge in [-0.15, -0.1) is 0 Å². The van der Waals surface area contributed by atoms with Gasteiger partial charge in [-0.05, 0) is 23.8 Å². The van der Waals surface area contributed by atoms with E-state index in [1.807, 2.05) is 12.1 Å². The lowest BCUT2D eigenvalue weighted by atomic mass is 9.95. The summed E-state index contributed by atoms with van der Waals surface area (Å²) < 4.78 is 13.7. The van der Waals surface area contributed by atoms with E-state index in [0.717, 1.165) is 43.1 Å². The van der Waals surface area contributed by atoms with Crippen molar-refractivity contribution in [2.45, 2.75) is 6.04 Å². The van der Waals surface area contributed by atoms with Crippen molar-refractivity contribution in [2.75, 3.05) is 31.1 Å². The molecular formula is C21H20ClFN4O. The van der Waals surface area contributed by atoms with E-state index in [0.29, 0.717) is 0 Å². The van der Waals surface area contributed by atoms with Crippen molar-refractivity contribution < 1.29 is 9.50 Å². The van der Waals surface area contributed by atoms with Gasteiger partial charge in [0.1, 0.15) is 17.4 Å². The molecule has 3 aromatic rings. The average molecular weight is 399 g/mol.